The summed E-state index contributed by atoms with van der Waals surface area (Å²) in [6.45, 7) is 0. The van der Waals surface area contributed by atoms with Crippen LogP contribution in [0.3, 0.4) is 0 Å². The number of anilines is 2. The second-order valence-electron chi connectivity index (χ2n) is 2.92. The first-order valence-corrected chi connectivity index (χ1v) is 5.80. The van der Waals surface area contributed by atoms with E-state index in [-0.39, 0.29) is 0 Å². The van der Waals surface area contributed by atoms with Crippen molar-refractivity contribution in [1.29, 1.82) is 0 Å². The Bertz CT molecular complexity index is 431. The van der Waals surface area contributed by atoms with Crippen LogP contribution in [-0.2, 0) is 0 Å². The predicted octanol–water partition coefficient (Wildman–Crippen LogP) is 2.94. The van der Waals surface area contributed by atoms with Gasteiger partial charge in [-0.3, -0.25) is 0 Å². The van der Waals surface area contributed by atoms with Crippen LogP contribution in [0, 0.1) is 0 Å². The first-order chi connectivity index (χ1) is 7.38. The number of benzene rings is 1. The van der Waals surface area contributed by atoms with Crippen LogP contribution < -0.4 is 5.32 Å². The molecule has 0 unspecified atom stereocenters. The van der Waals surface area contributed by atoms with Gasteiger partial charge in [0.05, 0.1) is 0 Å². The van der Waals surface area contributed by atoms with Gasteiger partial charge in [0.15, 0.2) is 5.16 Å². The molecular weight excluding hydrogens is 206 g/mol. The fourth-order valence-corrected chi connectivity index (χ4v) is 1.53. The molecule has 1 N–H and O–H groups in total. The van der Waals surface area contributed by atoms with Crippen LogP contribution in [0.1, 0.15) is 0 Å². The number of aromatic nitrogens is 2. The Morgan fingerprint density at radius 1 is 1.13 bits per heavy atom. The molecule has 0 radical (unpaired) electrons. The molecule has 4 heteroatoms. The van der Waals surface area contributed by atoms with Gasteiger partial charge >= 0.3 is 0 Å². The van der Waals surface area contributed by atoms with Crippen LogP contribution in [0.25, 0.3) is 0 Å². The second kappa shape index (κ2) is 4.79. The van der Waals surface area contributed by atoms with Crippen molar-refractivity contribution >= 4 is 23.3 Å². The van der Waals surface area contributed by atoms with Crippen molar-refractivity contribution in [2.75, 3.05) is 11.6 Å². The first kappa shape index (κ1) is 9.98. The monoisotopic (exact) mass is 217 g/mol. The molecule has 0 aliphatic rings. The fourth-order valence-electron chi connectivity index (χ4n) is 1.18. The second-order valence-corrected chi connectivity index (χ2v) is 3.69. The molecule has 3 nitrogen and oxygen atoms in total. The van der Waals surface area contributed by atoms with Crippen LogP contribution in [0.4, 0.5) is 11.5 Å². The van der Waals surface area contributed by atoms with E-state index in [1.807, 2.05) is 42.7 Å². The van der Waals surface area contributed by atoms with Gasteiger partial charge in [0.1, 0.15) is 5.82 Å². The maximum Gasteiger partial charge on any atom is 0.189 e. The summed E-state index contributed by atoms with van der Waals surface area (Å²) in [5.41, 5.74) is 1.03. The number of hydrogen-bond donors (Lipinski definition) is 1. The minimum Gasteiger partial charge on any atom is -0.340 e. The molecule has 0 bridgehead atoms. The Hall–Kier alpha value is -1.55. The van der Waals surface area contributed by atoms with Crippen molar-refractivity contribution in [2.24, 2.45) is 0 Å². The normalized spacial score (nSPS) is 9.93. The van der Waals surface area contributed by atoms with E-state index in [0.29, 0.717) is 0 Å². The molecular formula is C11H11N3S. The van der Waals surface area contributed by atoms with Crippen LogP contribution in [0.15, 0.2) is 47.8 Å². The average Bonchev–Trinajstić information content (AvgIpc) is 2.31. The molecule has 0 saturated carbocycles. The number of nitrogens with one attached hydrogen (secondary N) is 1. The summed E-state index contributed by atoms with van der Waals surface area (Å²) >= 11 is 1.53. The largest absolute Gasteiger partial charge is 0.340 e. The van der Waals surface area contributed by atoms with Gasteiger partial charge in [-0.25, -0.2) is 9.97 Å². The molecule has 0 aliphatic heterocycles. The van der Waals surface area contributed by atoms with E-state index in [9.17, 15) is 0 Å². The van der Waals surface area contributed by atoms with Crippen molar-refractivity contribution in [3.8, 4) is 0 Å². The molecule has 0 atom stereocenters. The number of nitrogens with zero attached hydrogens (tertiary/aromatic N) is 2. The van der Waals surface area contributed by atoms with Crippen molar-refractivity contribution in [3.63, 3.8) is 0 Å². The standard InChI is InChI=1S/C11H11N3S/c1-15-11-12-8-7-10(14-11)13-9-5-3-2-4-6-9/h2-8H,1H3,(H,12,13,14). The highest BCUT2D eigenvalue weighted by molar-refractivity contribution is 7.98. The zero-order valence-corrected chi connectivity index (χ0v) is 9.16. The number of rotatable bonds is 3. The molecule has 1 aromatic heterocycles. The molecule has 1 heterocycles. The summed E-state index contributed by atoms with van der Waals surface area (Å²) in [5.74, 6) is 0.820. The Kier molecular flexibility index (Phi) is 3.19. The Morgan fingerprint density at radius 2 is 1.93 bits per heavy atom. The van der Waals surface area contributed by atoms with Crippen molar-refractivity contribution in [1.82, 2.24) is 9.97 Å². The lowest BCUT2D eigenvalue weighted by Crippen LogP contribution is -1.95. The van der Waals surface area contributed by atoms with E-state index in [4.69, 9.17) is 0 Å². The molecule has 0 spiro atoms. The summed E-state index contributed by atoms with van der Waals surface area (Å²) in [6, 6.07) is 11.8. The Labute approximate surface area is 93.0 Å². The van der Waals surface area contributed by atoms with Crippen LogP contribution in [-0.4, -0.2) is 16.2 Å². The third-order valence-corrected chi connectivity index (χ3v) is 2.42. The van der Waals surface area contributed by atoms with Gasteiger partial charge in [-0.05, 0) is 24.5 Å². The SMILES string of the molecule is CSc1nccc(Nc2ccccc2)n1. The molecule has 0 saturated heterocycles. The van der Waals surface area contributed by atoms with E-state index < -0.39 is 0 Å². The number of para-hydroxylation sites is 1. The number of thioether (sulfide) groups is 1. The van der Waals surface area contributed by atoms with E-state index in [2.05, 4.69) is 15.3 Å². The van der Waals surface area contributed by atoms with E-state index in [1.54, 1.807) is 6.20 Å². The van der Waals surface area contributed by atoms with Crippen LogP contribution in [0.5, 0.6) is 0 Å². The lowest BCUT2D eigenvalue weighted by Gasteiger charge is -2.05. The van der Waals surface area contributed by atoms with Gasteiger partial charge in [-0.2, -0.15) is 0 Å². The summed E-state index contributed by atoms with van der Waals surface area (Å²) in [4.78, 5) is 8.44. The molecule has 1 aromatic carbocycles. The third kappa shape index (κ3) is 2.70. The van der Waals surface area contributed by atoms with Crippen molar-refractivity contribution < 1.29 is 0 Å². The quantitative estimate of drug-likeness (QED) is 0.633. The maximum atomic E-state index is 4.33. The summed E-state index contributed by atoms with van der Waals surface area (Å²) in [7, 11) is 0. The Balaban J connectivity index is 2.17. The van der Waals surface area contributed by atoms with Gasteiger partial charge in [-0.15, -0.1) is 0 Å². The molecule has 76 valence electrons. The summed E-state index contributed by atoms with van der Waals surface area (Å²) < 4.78 is 0. The zero-order chi connectivity index (χ0) is 10.5. The van der Waals surface area contributed by atoms with Gasteiger partial charge in [0, 0.05) is 11.9 Å². The van der Waals surface area contributed by atoms with E-state index in [1.165, 1.54) is 11.8 Å². The lowest BCUT2D eigenvalue weighted by atomic mass is 10.3. The third-order valence-electron chi connectivity index (χ3n) is 1.86. The highest BCUT2D eigenvalue weighted by atomic mass is 32.2. The molecule has 0 amide bonds. The summed E-state index contributed by atoms with van der Waals surface area (Å²) in [5, 5.41) is 3.99. The van der Waals surface area contributed by atoms with Gasteiger partial charge in [0.2, 0.25) is 0 Å². The Morgan fingerprint density at radius 3 is 2.67 bits per heavy atom. The number of hydrogen-bond acceptors (Lipinski definition) is 4. The molecule has 2 aromatic rings. The highest BCUT2D eigenvalue weighted by Crippen LogP contribution is 2.15. The van der Waals surface area contributed by atoms with Gasteiger partial charge in [0.25, 0.3) is 0 Å². The maximum absolute atomic E-state index is 4.33. The zero-order valence-electron chi connectivity index (χ0n) is 8.34. The lowest BCUT2D eigenvalue weighted by molar-refractivity contribution is 0.975. The topological polar surface area (TPSA) is 37.8 Å². The van der Waals surface area contributed by atoms with Crippen molar-refractivity contribution in [2.45, 2.75) is 5.16 Å². The van der Waals surface area contributed by atoms with Crippen LogP contribution >= 0.6 is 11.8 Å². The predicted molar refractivity (Wildman–Crippen MR) is 63.5 cm³/mol. The van der Waals surface area contributed by atoms with E-state index >= 15 is 0 Å². The molecule has 15 heavy (non-hydrogen) atoms. The molecule has 0 fully saturated rings. The van der Waals surface area contributed by atoms with Crippen LogP contribution in [0.2, 0.25) is 0 Å². The smallest absolute Gasteiger partial charge is 0.189 e. The molecule has 2 rings (SSSR count). The average molecular weight is 217 g/mol. The summed E-state index contributed by atoms with van der Waals surface area (Å²) in [6.07, 6.45) is 3.71. The fraction of sp³-hybridized carbons (Fsp3) is 0.0909. The van der Waals surface area contributed by atoms with E-state index in [0.717, 1.165) is 16.7 Å². The minimum absolute atomic E-state index is 0.774. The van der Waals surface area contributed by atoms with Gasteiger partial charge < -0.3 is 5.32 Å². The van der Waals surface area contributed by atoms with Crippen molar-refractivity contribution in [3.05, 3.63) is 42.6 Å². The molecule has 0 aliphatic carbocycles. The van der Waals surface area contributed by atoms with Gasteiger partial charge in [-0.1, -0.05) is 30.0 Å². The first-order valence-electron chi connectivity index (χ1n) is 4.57. The highest BCUT2D eigenvalue weighted by Gasteiger charge is 1.97. The minimum atomic E-state index is 0.774.